The van der Waals surface area contributed by atoms with E-state index in [1.54, 1.807) is 6.07 Å². The number of rotatable bonds is 6. The largest absolute Gasteiger partial charge is 0.484 e. The summed E-state index contributed by atoms with van der Waals surface area (Å²) in [7, 11) is 0. The van der Waals surface area contributed by atoms with Gasteiger partial charge in [0.05, 0.1) is 21.1 Å². The summed E-state index contributed by atoms with van der Waals surface area (Å²) in [6.07, 6.45) is 0. The van der Waals surface area contributed by atoms with Crippen LogP contribution in [0, 0.1) is 31.6 Å². The highest BCUT2D eigenvalue weighted by atomic mass is 16.6. The van der Waals surface area contributed by atoms with E-state index in [9.17, 15) is 25.0 Å². The number of nitrogens with zero attached hydrogens (tertiary/aromatic N) is 3. The Labute approximate surface area is 140 Å². The van der Waals surface area contributed by atoms with Crippen LogP contribution in [0.2, 0.25) is 0 Å². The summed E-state index contributed by atoms with van der Waals surface area (Å²) < 4.78 is 5.18. The molecule has 0 aliphatic carbocycles. The molecule has 0 saturated carbocycles. The Kier molecular flexibility index (Phi) is 5.22. The number of nitriles is 1. The fourth-order valence-electron chi connectivity index (χ4n) is 1.85. The molecule has 0 radical (unpaired) electrons. The molecule has 0 unspecified atom stereocenters. The van der Waals surface area contributed by atoms with Crippen molar-refractivity contribution in [3.63, 3.8) is 0 Å². The number of anilines is 1. The van der Waals surface area contributed by atoms with Gasteiger partial charge in [0, 0.05) is 24.3 Å². The first-order valence-electron chi connectivity index (χ1n) is 6.76. The minimum absolute atomic E-state index is 0.0575. The zero-order valence-corrected chi connectivity index (χ0v) is 12.5. The first-order valence-corrected chi connectivity index (χ1v) is 6.76. The molecule has 0 saturated heterocycles. The number of ether oxygens (including phenoxy) is 1. The monoisotopic (exact) mass is 342 g/mol. The van der Waals surface area contributed by atoms with Gasteiger partial charge in [-0.05, 0) is 18.2 Å². The SMILES string of the molecule is N#Cc1cc([N+](=O)[O-])ccc1NC(=O)COc1ccc([N+](=O)[O-])cc1. The average molecular weight is 342 g/mol. The summed E-state index contributed by atoms with van der Waals surface area (Å²) >= 11 is 0. The molecule has 10 nitrogen and oxygen atoms in total. The van der Waals surface area contributed by atoms with E-state index in [1.807, 2.05) is 0 Å². The van der Waals surface area contributed by atoms with Crippen LogP contribution in [0.4, 0.5) is 17.1 Å². The Morgan fingerprint density at radius 3 is 2.24 bits per heavy atom. The van der Waals surface area contributed by atoms with Gasteiger partial charge in [-0.15, -0.1) is 0 Å². The van der Waals surface area contributed by atoms with Gasteiger partial charge in [0.25, 0.3) is 17.3 Å². The topological polar surface area (TPSA) is 148 Å². The molecule has 0 aromatic heterocycles. The maximum Gasteiger partial charge on any atom is 0.270 e. The van der Waals surface area contributed by atoms with E-state index >= 15 is 0 Å². The highest BCUT2D eigenvalue weighted by molar-refractivity contribution is 5.93. The van der Waals surface area contributed by atoms with Crippen molar-refractivity contribution in [3.8, 4) is 11.8 Å². The predicted molar refractivity (Wildman–Crippen MR) is 85.0 cm³/mol. The fourth-order valence-corrected chi connectivity index (χ4v) is 1.85. The average Bonchev–Trinajstić information content (AvgIpc) is 2.60. The van der Waals surface area contributed by atoms with Gasteiger partial charge < -0.3 is 10.1 Å². The number of non-ortho nitro benzene ring substituents is 2. The van der Waals surface area contributed by atoms with Crippen LogP contribution >= 0.6 is 0 Å². The first kappa shape index (κ1) is 17.4. The van der Waals surface area contributed by atoms with Crippen molar-refractivity contribution >= 4 is 23.0 Å². The lowest BCUT2D eigenvalue weighted by Crippen LogP contribution is -2.20. The van der Waals surface area contributed by atoms with Crippen molar-refractivity contribution in [2.24, 2.45) is 0 Å². The van der Waals surface area contributed by atoms with Gasteiger partial charge in [-0.1, -0.05) is 0 Å². The molecule has 10 heteroatoms. The summed E-state index contributed by atoms with van der Waals surface area (Å²) in [6.45, 7) is -0.403. The molecule has 0 aliphatic rings. The van der Waals surface area contributed by atoms with Gasteiger partial charge in [0.1, 0.15) is 11.8 Å². The zero-order valence-electron chi connectivity index (χ0n) is 12.5. The number of benzene rings is 2. The van der Waals surface area contributed by atoms with Gasteiger partial charge in [-0.25, -0.2) is 0 Å². The number of carbonyl (C=O) groups is 1. The first-order chi connectivity index (χ1) is 11.9. The summed E-state index contributed by atoms with van der Waals surface area (Å²) in [6, 6.07) is 10.4. The van der Waals surface area contributed by atoms with Crippen molar-refractivity contribution < 1.29 is 19.4 Å². The molecule has 1 amide bonds. The van der Waals surface area contributed by atoms with Crippen LogP contribution < -0.4 is 10.1 Å². The molecule has 0 bridgehead atoms. The lowest BCUT2D eigenvalue weighted by Gasteiger charge is -2.08. The number of hydrogen-bond acceptors (Lipinski definition) is 7. The van der Waals surface area contributed by atoms with Crippen LogP contribution in [0.5, 0.6) is 5.75 Å². The van der Waals surface area contributed by atoms with Crippen LogP contribution in [-0.4, -0.2) is 22.4 Å². The molecular weight excluding hydrogens is 332 g/mol. The minimum Gasteiger partial charge on any atom is -0.484 e. The molecule has 0 aliphatic heterocycles. The molecule has 0 heterocycles. The van der Waals surface area contributed by atoms with Crippen molar-refractivity contribution in [3.05, 3.63) is 68.3 Å². The lowest BCUT2D eigenvalue weighted by atomic mass is 10.1. The molecule has 126 valence electrons. The second-order valence-corrected chi connectivity index (χ2v) is 4.69. The van der Waals surface area contributed by atoms with E-state index < -0.39 is 22.4 Å². The lowest BCUT2D eigenvalue weighted by molar-refractivity contribution is -0.385. The third kappa shape index (κ3) is 4.49. The van der Waals surface area contributed by atoms with E-state index in [2.05, 4.69) is 5.32 Å². The third-order valence-electron chi connectivity index (χ3n) is 3.03. The highest BCUT2D eigenvalue weighted by Gasteiger charge is 2.13. The van der Waals surface area contributed by atoms with Crippen molar-refractivity contribution in [1.29, 1.82) is 5.26 Å². The Morgan fingerprint density at radius 1 is 1.08 bits per heavy atom. The van der Waals surface area contributed by atoms with Crippen LogP contribution in [0.15, 0.2) is 42.5 Å². The Balaban J connectivity index is 1.99. The van der Waals surface area contributed by atoms with Crippen molar-refractivity contribution in [1.82, 2.24) is 0 Å². The number of carbonyl (C=O) groups excluding carboxylic acids is 1. The van der Waals surface area contributed by atoms with Gasteiger partial charge in [0.15, 0.2) is 6.61 Å². The van der Waals surface area contributed by atoms with E-state index in [0.717, 1.165) is 12.1 Å². The van der Waals surface area contributed by atoms with Gasteiger partial charge in [0.2, 0.25) is 0 Å². The quantitative estimate of drug-likeness (QED) is 0.625. The van der Waals surface area contributed by atoms with E-state index in [0.29, 0.717) is 0 Å². The smallest absolute Gasteiger partial charge is 0.270 e. The summed E-state index contributed by atoms with van der Waals surface area (Å²) in [5.41, 5.74) is -0.318. The Hall–Kier alpha value is -4.00. The van der Waals surface area contributed by atoms with Crippen LogP contribution in [0.1, 0.15) is 5.56 Å². The maximum atomic E-state index is 11.9. The maximum absolute atomic E-state index is 11.9. The number of nitro benzene ring substituents is 2. The second-order valence-electron chi connectivity index (χ2n) is 4.69. The Bertz CT molecular complexity index is 873. The zero-order chi connectivity index (χ0) is 18.4. The van der Waals surface area contributed by atoms with Crippen molar-refractivity contribution in [2.45, 2.75) is 0 Å². The molecule has 25 heavy (non-hydrogen) atoms. The van der Waals surface area contributed by atoms with Gasteiger partial charge in [-0.2, -0.15) is 5.26 Å². The molecule has 2 rings (SSSR count). The van der Waals surface area contributed by atoms with Crippen LogP contribution in [0.3, 0.4) is 0 Å². The normalized spacial score (nSPS) is 9.72. The molecule has 2 aromatic carbocycles. The third-order valence-corrected chi connectivity index (χ3v) is 3.03. The summed E-state index contributed by atoms with van der Waals surface area (Å²) in [5.74, 6) is -0.339. The van der Waals surface area contributed by atoms with Gasteiger partial charge in [-0.3, -0.25) is 25.0 Å². The highest BCUT2D eigenvalue weighted by Crippen LogP contribution is 2.21. The summed E-state index contributed by atoms with van der Waals surface area (Å²) in [4.78, 5) is 31.9. The predicted octanol–water partition coefficient (Wildman–Crippen LogP) is 2.39. The molecule has 0 fully saturated rings. The minimum atomic E-state index is -0.649. The summed E-state index contributed by atoms with van der Waals surface area (Å²) in [5, 5.41) is 32.6. The van der Waals surface area contributed by atoms with Gasteiger partial charge >= 0.3 is 0 Å². The number of amides is 1. The molecule has 2 aromatic rings. The number of hydrogen-bond donors (Lipinski definition) is 1. The van der Waals surface area contributed by atoms with E-state index in [-0.39, 0.29) is 28.4 Å². The molecule has 0 spiro atoms. The van der Waals surface area contributed by atoms with E-state index in [4.69, 9.17) is 10.00 Å². The van der Waals surface area contributed by atoms with E-state index in [1.165, 1.54) is 30.3 Å². The molecule has 1 N–H and O–H groups in total. The molecule has 0 atom stereocenters. The van der Waals surface area contributed by atoms with Crippen LogP contribution in [-0.2, 0) is 4.79 Å². The number of nitro groups is 2. The second kappa shape index (κ2) is 7.51. The standard InChI is InChI=1S/C15H10N4O6/c16-8-10-7-12(19(23)24)3-6-14(10)17-15(20)9-25-13-4-1-11(2-5-13)18(21)22/h1-7H,9H2,(H,17,20). The van der Waals surface area contributed by atoms with Crippen LogP contribution in [0.25, 0.3) is 0 Å². The number of nitrogens with one attached hydrogen (secondary N) is 1. The van der Waals surface area contributed by atoms with Crippen molar-refractivity contribution in [2.75, 3.05) is 11.9 Å². The molecular formula is C15H10N4O6. The fraction of sp³-hybridized carbons (Fsp3) is 0.0667. The Morgan fingerprint density at radius 2 is 1.68 bits per heavy atom.